The molecule has 0 aliphatic rings. The first-order valence-corrected chi connectivity index (χ1v) is 9.34. The van der Waals surface area contributed by atoms with Gasteiger partial charge < -0.3 is 4.74 Å². The monoisotopic (exact) mass is 360 g/mol. The van der Waals surface area contributed by atoms with Crippen LogP contribution in [0.5, 0.6) is 5.88 Å². The second-order valence-corrected chi connectivity index (χ2v) is 6.77. The lowest BCUT2D eigenvalue weighted by Gasteiger charge is -2.08. The van der Waals surface area contributed by atoms with Gasteiger partial charge >= 0.3 is 5.97 Å². The number of ether oxygens (including phenoxy) is 1. The Hall–Kier alpha value is -2.21. The van der Waals surface area contributed by atoms with E-state index in [9.17, 15) is 9.59 Å². The fraction of sp³-hybridized carbons (Fsp3) is 0.421. The summed E-state index contributed by atoms with van der Waals surface area (Å²) in [5.74, 6) is -0.183. The van der Waals surface area contributed by atoms with Gasteiger partial charge in [0.15, 0.2) is 4.80 Å². The van der Waals surface area contributed by atoms with Gasteiger partial charge in [0, 0.05) is 12.8 Å². The molecule has 0 saturated heterocycles. The van der Waals surface area contributed by atoms with Crippen molar-refractivity contribution >= 4 is 28.9 Å². The molecule has 0 radical (unpaired) electrons. The van der Waals surface area contributed by atoms with E-state index in [1.165, 1.54) is 15.9 Å². The predicted molar refractivity (Wildman–Crippen MR) is 99.7 cm³/mol. The highest BCUT2D eigenvalue weighted by Crippen LogP contribution is 2.26. The number of esters is 1. The Bertz CT molecular complexity index is 862. The summed E-state index contributed by atoms with van der Waals surface area (Å²) in [6.07, 6.45) is 1.22. The van der Waals surface area contributed by atoms with Gasteiger partial charge in [-0.3, -0.25) is 9.59 Å². The number of carbonyl (C=O) groups is 2. The minimum absolute atomic E-state index is 0.140. The summed E-state index contributed by atoms with van der Waals surface area (Å²) in [6, 6.07) is 5.89. The minimum atomic E-state index is -0.358. The van der Waals surface area contributed by atoms with Gasteiger partial charge in [0.1, 0.15) is 0 Å². The number of thiazole rings is 1. The largest absolute Gasteiger partial charge is 0.408 e. The molecule has 25 heavy (non-hydrogen) atoms. The lowest BCUT2D eigenvalue weighted by molar-refractivity contribution is -0.134. The standard InChI is InChI=1S/C19H24N2O3S/c1-6-15-18(24-17(23)8-3)21(16(22)7-2)19(25-15)20-14-11-9-10-12(4)13(14)5/h9-11H,6-8H2,1-5H3. The van der Waals surface area contributed by atoms with Crippen LogP contribution in [0.25, 0.3) is 0 Å². The molecule has 1 heterocycles. The van der Waals surface area contributed by atoms with Gasteiger partial charge in [0.05, 0.1) is 10.6 Å². The van der Waals surface area contributed by atoms with Gasteiger partial charge in [0.2, 0.25) is 11.8 Å². The molecule has 5 nitrogen and oxygen atoms in total. The van der Waals surface area contributed by atoms with Crippen molar-refractivity contribution in [1.29, 1.82) is 0 Å². The van der Waals surface area contributed by atoms with E-state index in [1.54, 1.807) is 13.8 Å². The van der Waals surface area contributed by atoms with Crippen LogP contribution < -0.4 is 9.54 Å². The topological polar surface area (TPSA) is 60.7 Å². The van der Waals surface area contributed by atoms with E-state index in [0.29, 0.717) is 23.5 Å². The Labute approximate surface area is 152 Å². The van der Waals surface area contributed by atoms with Crippen molar-refractivity contribution in [3.8, 4) is 5.88 Å². The van der Waals surface area contributed by atoms with Crippen molar-refractivity contribution in [2.75, 3.05) is 0 Å². The molecule has 1 aromatic heterocycles. The summed E-state index contributed by atoms with van der Waals surface area (Å²) in [5, 5.41) is 0. The Morgan fingerprint density at radius 2 is 1.88 bits per heavy atom. The van der Waals surface area contributed by atoms with Crippen LogP contribution in [0.2, 0.25) is 0 Å². The average Bonchev–Trinajstić information content (AvgIpc) is 2.95. The molecule has 0 saturated carbocycles. The van der Waals surface area contributed by atoms with Crippen LogP contribution in [0.4, 0.5) is 5.69 Å². The Morgan fingerprint density at radius 3 is 2.48 bits per heavy atom. The molecule has 6 heteroatoms. The van der Waals surface area contributed by atoms with E-state index in [4.69, 9.17) is 9.73 Å². The predicted octanol–water partition coefficient (Wildman–Crippen LogP) is 4.33. The van der Waals surface area contributed by atoms with Crippen LogP contribution >= 0.6 is 11.3 Å². The number of aromatic nitrogens is 1. The summed E-state index contributed by atoms with van der Waals surface area (Å²) < 4.78 is 6.91. The number of aryl methyl sites for hydroxylation is 2. The maximum atomic E-state index is 12.5. The Balaban J connectivity index is 2.72. The Morgan fingerprint density at radius 1 is 1.16 bits per heavy atom. The molecule has 0 fully saturated rings. The number of hydrogen-bond acceptors (Lipinski definition) is 5. The van der Waals surface area contributed by atoms with Gasteiger partial charge in [-0.2, -0.15) is 0 Å². The smallest absolute Gasteiger partial charge is 0.312 e. The highest BCUT2D eigenvalue weighted by Gasteiger charge is 2.21. The number of benzene rings is 1. The van der Waals surface area contributed by atoms with Crippen LogP contribution in [0.1, 0.15) is 54.4 Å². The van der Waals surface area contributed by atoms with Crippen LogP contribution in [-0.4, -0.2) is 16.4 Å². The average molecular weight is 360 g/mol. The molecule has 0 aliphatic carbocycles. The highest BCUT2D eigenvalue weighted by molar-refractivity contribution is 7.09. The fourth-order valence-electron chi connectivity index (χ4n) is 2.33. The number of hydrogen-bond donors (Lipinski definition) is 0. The minimum Gasteiger partial charge on any atom is -0.408 e. The van der Waals surface area contributed by atoms with Gasteiger partial charge in [0.25, 0.3) is 0 Å². The van der Waals surface area contributed by atoms with Gasteiger partial charge in [-0.15, -0.1) is 0 Å². The molecule has 0 N–H and O–H groups in total. The van der Waals surface area contributed by atoms with E-state index in [1.807, 2.05) is 39.0 Å². The zero-order valence-corrected chi connectivity index (χ0v) is 16.2. The molecule has 0 bridgehead atoms. The summed E-state index contributed by atoms with van der Waals surface area (Å²) in [4.78, 5) is 30.4. The third kappa shape index (κ3) is 4.07. The second-order valence-electron chi connectivity index (χ2n) is 5.71. The third-order valence-electron chi connectivity index (χ3n) is 4.01. The van der Waals surface area contributed by atoms with Crippen molar-refractivity contribution < 1.29 is 14.3 Å². The summed E-state index contributed by atoms with van der Waals surface area (Å²) in [5.41, 5.74) is 3.02. The van der Waals surface area contributed by atoms with E-state index < -0.39 is 0 Å². The normalized spacial score (nSPS) is 11.6. The highest BCUT2D eigenvalue weighted by atomic mass is 32.1. The van der Waals surface area contributed by atoms with Crippen molar-refractivity contribution in [3.63, 3.8) is 0 Å². The molecule has 1 aromatic carbocycles. The molecular formula is C19H24N2O3S. The lowest BCUT2D eigenvalue weighted by Crippen LogP contribution is -2.24. The third-order valence-corrected chi connectivity index (χ3v) is 5.18. The molecule has 0 spiro atoms. The van der Waals surface area contributed by atoms with Crippen LogP contribution in [0, 0.1) is 13.8 Å². The zero-order chi connectivity index (χ0) is 18.6. The van der Waals surface area contributed by atoms with E-state index >= 15 is 0 Å². The molecular weight excluding hydrogens is 336 g/mol. The van der Waals surface area contributed by atoms with Crippen LogP contribution in [0.3, 0.4) is 0 Å². The zero-order valence-electron chi connectivity index (χ0n) is 15.4. The first-order valence-electron chi connectivity index (χ1n) is 8.52. The Kier molecular flexibility index (Phi) is 6.31. The number of carbonyl (C=O) groups excluding carboxylic acids is 2. The molecule has 2 aromatic rings. The number of nitrogens with zero attached hydrogens (tertiary/aromatic N) is 2. The van der Waals surface area contributed by atoms with Crippen molar-refractivity contribution in [2.24, 2.45) is 4.99 Å². The lowest BCUT2D eigenvalue weighted by atomic mass is 10.1. The van der Waals surface area contributed by atoms with E-state index in [0.717, 1.165) is 21.7 Å². The van der Waals surface area contributed by atoms with E-state index in [2.05, 4.69) is 0 Å². The second kappa shape index (κ2) is 8.25. The first-order chi connectivity index (χ1) is 11.9. The summed E-state index contributed by atoms with van der Waals surface area (Å²) in [6.45, 7) is 9.52. The molecule has 0 atom stereocenters. The van der Waals surface area contributed by atoms with Crippen molar-refractivity contribution in [1.82, 2.24) is 4.57 Å². The quantitative estimate of drug-likeness (QED) is 0.746. The van der Waals surface area contributed by atoms with Crippen LogP contribution in [-0.2, 0) is 11.2 Å². The maximum Gasteiger partial charge on any atom is 0.312 e. The summed E-state index contributed by atoms with van der Waals surface area (Å²) in [7, 11) is 0. The fourth-order valence-corrected chi connectivity index (χ4v) is 3.33. The van der Waals surface area contributed by atoms with Gasteiger partial charge in [-0.05, 0) is 37.5 Å². The van der Waals surface area contributed by atoms with Gasteiger partial charge in [-0.25, -0.2) is 9.56 Å². The maximum absolute atomic E-state index is 12.5. The summed E-state index contributed by atoms with van der Waals surface area (Å²) >= 11 is 1.39. The molecule has 2 rings (SSSR count). The van der Waals surface area contributed by atoms with Gasteiger partial charge in [-0.1, -0.05) is 44.2 Å². The molecule has 0 unspecified atom stereocenters. The molecule has 0 aliphatic heterocycles. The van der Waals surface area contributed by atoms with Crippen molar-refractivity contribution in [3.05, 3.63) is 39.0 Å². The molecule has 0 amide bonds. The van der Waals surface area contributed by atoms with Crippen molar-refractivity contribution in [2.45, 2.75) is 53.9 Å². The van der Waals surface area contributed by atoms with E-state index in [-0.39, 0.29) is 18.3 Å². The number of rotatable bonds is 5. The SMILES string of the molecule is CCC(=O)Oc1c(CC)sc(=Nc2cccc(C)c2C)n1C(=O)CC. The first kappa shape index (κ1) is 19.1. The van der Waals surface area contributed by atoms with Crippen LogP contribution in [0.15, 0.2) is 23.2 Å². The molecule has 134 valence electrons.